The van der Waals surface area contributed by atoms with Gasteiger partial charge < -0.3 is 15.1 Å². The quantitative estimate of drug-likeness (QED) is 0.902. The SMILES string of the molecule is CCCc1c(NCC)ncnc1N1CCCN(C)CC1C. The van der Waals surface area contributed by atoms with Crippen molar-refractivity contribution in [2.75, 3.05) is 43.4 Å². The molecule has 0 bridgehead atoms. The van der Waals surface area contributed by atoms with Crippen LogP contribution in [0.15, 0.2) is 6.33 Å². The van der Waals surface area contributed by atoms with Gasteiger partial charge >= 0.3 is 0 Å². The topological polar surface area (TPSA) is 44.3 Å². The van der Waals surface area contributed by atoms with Crippen LogP contribution >= 0.6 is 0 Å². The summed E-state index contributed by atoms with van der Waals surface area (Å²) in [6.45, 7) is 10.8. The summed E-state index contributed by atoms with van der Waals surface area (Å²) in [6.07, 6.45) is 5.03. The highest BCUT2D eigenvalue weighted by Gasteiger charge is 2.24. The van der Waals surface area contributed by atoms with Crippen LogP contribution in [0, 0.1) is 0 Å². The van der Waals surface area contributed by atoms with Crippen molar-refractivity contribution in [2.24, 2.45) is 0 Å². The summed E-state index contributed by atoms with van der Waals surface area (Å²) in [4.78, 5) is 14.0. The van der Waals surface area contributed by atoms with E-state index in [-0.39, 0.29) is 0 Å². The molecule has 1 aliphatic rings. The lowest BCUT2D eigenvalue weighted by molar-refractivity contribution is 0.337. The van der Waals surface area contributed by atoms with Crippen molar-refractivity contribution in [3.63, 3.8) is 0 Å². The minimum atomic E-state index is 0.484. The normalized spacial score (nSPS) is 20.4. The van der Waals surface area contributed by atoms with E-state index in [1.807, 2.05) is 0 Å². The van der Waals surface area contributed by atoms with Crippen molar-refractivity contribution in [1.82, 2.24) is 14.9 Å². The van der Waals surface area contributed by atoms with Gasteiger partial charge in [0, 0.05) is 31.2 Å². The number of hydrogen-bond acceptors (Lipinski definition) is 5. The standard InChI is InChI=1S/C16H29N5/c1-5-8-14-15(17-6-2)18-12-19-16(14)21-10-7-9-20(4)11-13(21)3/h12-13H,5-11H2,1-4H3,(H,17,18,19). The fraction of sp³-hybridized carbons (Fsp3) is 0.750. The Morgan fingerprint density at radius 2 is 2.10 bits per heavy atom. The average molecular weight is 291 g/mol. The first kappa shape index (κ1) is 16.0. The van der Waals surface area contributed by atoms with Crippen LogP contribution in [0.5, 0.6) is 0 Å². The number of anilines is 2. The number of rotatable bonds is 5. The summed E-state index contributed by atoms with van der Waals surface area (Å²) in [7, 11) is 2.21. The minimum absolute atomic E-state index is 0.484. The molecule has 1 unspecified atom stereocenters. The van der Waals surface area contributed by atoms with E-state index >= 15 is 0 Å². The summed E-state index contributed by atoms with van der Waals surface area (Å²) < 4.78 is 0. The number of aromatic nitrogens is 2. The molecule has 1 N–H and O–H groups in total. The summed E-state index contributed by atoms with van der Waals surface area (Å²) in [6, 6.07) is 0.484. The molecule has 0 saturated carbocycles. The summed E-state index contributed by atoms with van der Waals surface area (Å²) in [5.74, 6) is 2.14. The molecule has 21 heavy (non-hydrogen) atoms. The Bertz CT molecular complexity index is 448. The van der Waals surface area contributed by atoms with Crippen molar-refractivity contribution in [3.8, 4) is 0 Å². The van der Waals surface area contributed by atoms with E-state index in [1.54, 1.807) is 6.33 Å². The van der Waals surface area contributed by atoms with Crippen molar-refractivity contribution in [1.29, 1.82) is 0 Å². The maximum Gasteiger partial charge on any atom is 0.137 e. The maximum absolute atomic E-state index is 4.64. The predicted molar refractivity (Wildman–Crippen MR) is 89.1 cm³/mol. The molecule has 5 nitrogen and oxygen atoms in total. The van der Waals surface area contributed by atoms with Gasteiger partial charge in [0.2, 0.25) is 0 Å². The first-order valence-electron chi connectivity index (χ1n) is 8.20. The van der Waals surface area contributed by atoms with Crippen LogP contribution in [-0.4, -0.2) is 54.1 Å². The Kier molecular flexibility index (Phi) is 5.79. The molecule has 0 amide bonds. The van der Waals surface area contributed by atoms with E-state index < -0.39 is 0 Å². The lowest BCUT2D eigenvalue weighted by atomic mass is 10.1. The van der Waals surface area contributed by atoms with Gasteiger partial charge in [0.25, 0.3) is 0 Å². The van der Waals surface area contributed by atoms with Gasteiger partial charge in [0.15, 0.2) is 0 Å². The molecule has 118 valence electrons. The largest absolute Gasteiger partial charge is 0.370 e. The second-order valence-corrected chi connectivity index (χ2v) is 5.96. The number of nitrogens with zero attached hydrogens (tertiary/aromatic N) is 4. The zero-order chi connectivity index (χ0) is 15.2. The van der Waals surface area contributed by atoms with Gasteiger partial charge in [-0.2, -0.15) is 0 Å². The lowest BCUT2D eigenvalue weighted by Gasteiger charge is -2.31. The molecule has 0 radical (unpaired) electrons. The van der Waals surface area contributed by atoms with E-state index in [2.05, 4.69) is 52.9 Å². The molecule has 2 heterocycles. The summed E-state index contributed by atoms with van der Waals surface area (Å²) in [5, 5.41) is 3.39. The highest BCUT2D eigenvalue weighted by molar-refractivity contribution is 5.59. The molecule has 1 aliphatic heterocycles. The third-order valence-electron chi connectivity index (χ3n) is 4.09. The summed E-state index contributed by atoms with van der Waals surface area (Å²) >= 11 is 0. The molecule has 1 fully saturated rings. The molecule has 0 spiro atoms. The van der Waals surface area contributed by atoms with Gasteiger partial charge in [-0.15, -0.1) is 0 Å². The smallest absolute Gasteiger partial charge is 0.137 e. The van der Waals surface area contributed by atoms with E-state index in [1.165, 1.54) is 12.0 Å². The summed E-state index contributed by atoms with van der Waals surface area (Å²) in [5.41, 5.74) is 1.28. The van der Waals surface area contributed by atoms with Crippen LogP contribution in [0.25, 0.3) is 0 Å². The van der Waals surface area contributed by atoms with Crippen molar-refractivity contribution >= 4 is 11.6 Å². The molecule has 1 atom stereocenters. The maximum atomic E-state index is 4.64. The monoisotopic (exact) mass is 291 g/mol. The highest BCUT2D eigenvalue weighted by Crippen LogP contribution is 2.27. The van der Waals surface area contributed by atoms with Gasteiger partial charge in [-0.05, 0) is 40.3 Å². The molecule has 0 aliphatic carbocycles. The Hall–Kier alpha value is -1.36. The molecule has 5 heteroatoms. The second kappa shape index (κ2) is 7.59. The predicted octanol–water partition coefficient (Wildman–Crippen LogP) is 2.39. The van der Waals surface area contributed by atoms with Gasteiger partial charge in [-0.25, -0.2) is 9.97 Å². The van der Waals surface area contributed by atoms with E-state index in [9.17, 15) is 0 Å². The van der Waals surface area contributed by atoms with Crippen LogP contribution in [0.2, 0.25) is 0 Å². The van der Waals surface area contributed by atoms with Crippen LogP contribution < -0.4 is 10.2 Å². The highest BCUT2D eigenvalue weighted by atomic mass is 15.3. The van der Waals surface area contributed by atoms with Gasteiger partial charge in [-0.1, -0.05) is 13.3 Å². The molecule has 0 aromatic carbocycles. The Labute approximate surface area is 128 Å². The first-order chi connectivity index (χ1) is 10.2. The lowest BCUT2D eigenvalue weighted by Crippen LogP contribution is -2.39. The van der Waals surface area contributed by atoms with Crippen molar-refractivity contribution < 1.29 is 0 Å². The Morgan fingerprint density at radius 3 is 2.81 bits per heavy atom. The van der Waals surface area contributed by atoms with Crippen LogP contribution in [-0.2, 0) is 6.42 Å². The molecular weight excluding hydrogens is 262 g/mol. The van der Waals surface area contributed by atoms with Gasteiger partial charge in [-0.3, -0.25) is 0 Å². The average Bonchev–Trinajstić information content (AvgIpc) is 2.62. The number of likely N-dealkylation sites (N-methyl/N-ethyl adjacent to an activating group) is 1. The van der Waals surface area contributed by atoms with Crippen molar-refractivity contribution in [2.45, 2.75) is 46.1 Å². The number of hydrogen-bond donors (Lipinski definition) is 1. The Morgan fingerprint density at radius 1 is 1.29 bits per heavy atom. The zero-order valence-corrected chi connectivity index (χ0v) is 13.9. The third-order valence-corrected chi connectivity index (χ3v) is 4.09. The van der Waals surface area contributed by atoms with Crippen LogP contribution in [0.1, 0.15) is 39.2 Å². The minimum Gasteiger partial charge on any atom is -0.370 e. The molecule has 1 aromatic rings. The van der Waals surface area contributed by atoms with Crippen LogP contribution in [0.4, 0.5) is 11.6 Å². The fourth-order valence-corrected chi connectivity index (χ4v) is 3.14. The van der Waals surface area contributed by atoms with Gasteiger partial charge in [0.1, 0.15) is 18.0 Å². The number of nitrogens with one attached hydrogen (secondary N) is 1. The Balaban J connectivity index is 2.34. The molecular formula is C16H29N5. The van der Waals surface area contributed by atoms with E-state index in [0.717, 1.165) is 50.7 Å². The van der Waals surface area contributed by atoms with Crippen molar-refractivity contribution in [3.05, 3.63) is 11.9 Å². The third kappa shape index (κ3) is 3.84. The second-order valence-electron chi connectivity index (χ2n) is 5.96. The molecule has 1 saturated heterocycles. The van der Waals surface area contributed by atoms with Crippen LogP contribution in [0.3, 0.4) is 0 Å². The van der Waals surface area contributed by atoms with E-state index in [4.69, 9.17) is 0 Å². The molecule has 2 rings (SSSR count). The van der Waals surface area contributed by atoms with E-state index in [0.29, 0.717) is 6.04 Å². The fourth-order valence-electron chi connectivity index (χ4n) is 3.14. The van der Waals surface area contributed by atoms with Gasteiger partial charge in [0.05, 0.1) is 0 Å². The molecule has 1 aromatic heterocycles. The first-order valence-corrected chi connectivity index (χ1v) is 8.20. The zero-order valence-electron chi connectivity index (χ0n) is 13.9.